The van der Waals surface area contributed by atoms with Crippen molar-refractivity contribution in [3.8, 4) is 0 Å². The van der Waals surface area contributed by atoms with E-state index in [-0.39, 0.29) is 0 Å². The number of likely N-dealkylation sites (tertiary alicyclic amines) is 1. The van der Waals surface area contributed by atoms with Crippen LogP contribution in [0.4, 0.5) is 0 Å². The van der Waals surface area contributed by atoms with E-state index in [1.807, 2.05) is 0 Å². The van der Waals surface area contributed by atoms with Crippen LogP contribution in [0.3, 0.4) is 0 Å². The molecular formula is C13H26N2O. The minimum absolute atomic E-state index is 0.371. The van der Waals surface area contributed by atoms with E-state index in [1.54, 1.807) is 0 Å². The van der Waals surface area contributed by atoms with Crippen LogP contribution in [0.25, 0.3) is 0 Å². The van der Waals surface area contributed by atoms with Gasteiger partial charge in [-0.3, -0.25) is 0 Å². The molecule has 0 bridgehead atoms. The summed E-state index contributed by atoms with van der Waals surface area (Å²) < 4.78 is 0. The van der Waals surface area contributed by atoms with Crippen molar-refractivity contribution in [3.63, 3.8) is 0 Å². The van der Waals surface area contributed by atoms with Gasteiger partial charge < -0.3 is 15.7 Å². The molecule has 0 aromatic rings. The molecule has 1 saturated heterocycles. The lowest BCUT2D eigenvalue weighted by Crippen LogP contribution is -2.44. The van der Waals surface area contributed by atoms with Crippen LogP contribution in [-0.4, -0.2) is 42.8 Å². The van der Waals surface area contributed by atoms with Crippen LogP contribution >= 0.6 is 0 Å². The minimum Gasteiger partial charge on any atom is -0.396 e. The van der Waals surface area contributed by atoms with E-state index in [1.165, 1.54) is 32.2 Å². The average molecular weight is 226 g/mol. The summed E-state index contributed by atoms with van der Waals surface area (Å²) in [6.07, 6.45) is 7.70. The summed E-state index contributed by atoms with van der Waals surface area (Å²) in [6, 6.07) is 0. The number of aliphatic hydroxyl groups is 1. The lowest BCUT2D eigenvalue weighted by molar-refractivity contribution is 0.0929. The van der Waals surface area contributed by atoms with Gasteiger partial charge in [0.2, 0.25) is 0 Å². The van der Waals surface area contributed by atoms with Crippen molar-refractivity contribution in [2.24, 2.45) is 17.1 Å². The summed E-state index contributed by atoms with van der Waals surface area (Å²) >= 11 is 0. The number of rotatable bonds is 4. The number of piperidine rings is 1. The summed E-state index contributed by atoms with van der Waals surface area (Å²) in [4.78, 5) is 2.57. The van der Waals surface area contributed by atoms with Crippen LogP contribution < -0.4 is 5.73 Å². The van der Waals surface area contributed by atoms with Gasteiger partial charge in [0.25, 0.3) is 0 Å². The van der Waals surface area contributed by atoms with E-state index in [4.69, 9.17) is 10.8 Å². The van der Waals surface area contributed by atoms with E-state index in [9.17, 15) is 0 Å². The van der Waals surface area contributed by atoms with Crippen LogP contribution in [0, 0.1) is 11.3 Å². The van der Waals surface area contributed by atoms with Crippen molar-refractivity contribution in [1.29, 1.82) is 0 Å². The SMILES string of the molecule is NCC1(CN2CCC(CO)CC2)CCCC1. The van der Waals surface area contributed by atoms with Gasteiger partial charge in [0, 0.05) is 13.2 Å². The molecule has 1 heterocycles. The molecular weight excluding hydrogens is 200 g/mol. The van der Waals surface area contributed by atoms with Gasteiger partial charge in [-0.25, -0.2) is 0 Å². The van der Waals surface area contributed by atoms with Gasteiger partial charge >= 0.3 is 0 Å². The molecule has 0 aromatic heterocycles. The van der Waals surface area contributed by atoms with Crippen molar-refractivity contribution in [1.82, 2.24) is 4.90 Å². The van der Waals surface area contributed by atoms with Crippen LogP contribution in [-0.2, 0) is 0 Å². The Labute approximate surface area is 99.0 Å². The Morgan fingerprint density at radius 3 is 2.31 bits per heavy atom. The minimum atomic E-state index is 0.371. The topological polar surface area (TPSA) is 49.5 Å². The third kappa shape index (κ3) is 2.76. The van der Waals surface area contributed by atoms with Crippen molar-refractivity contribution >= 4 is 0 Å². The molecule has 16 heavy (non-hydrogen) atoms. The second-order valence-electron chi connectivity index (χ2n) is 5.81. The molecule has 2 fully saturated rings. The molecule has 2 rings (SSSR count). The van der Waals surface area contributed by atoms with Crippen molar-refractivity contribution < 1.29 is 5.11 Å². The first-order valence-electron chi connectivity index (χ1n) is 6.81. The molecule has 3 heteroatoms. The van der Waals surface area contributed by atoms with Gasteiger partial charge in [0.15, 0.2) is 0 Å². The Morgan fingerprint density at radius 2 is 1.81 bits per heavy atom. The zero-order chi connectivity index (χ0) is 11.4. The molecule has 2 aliphatic rings. The summed E-state index contributed by atoms with van der Waals surface area (Å²) in [7, 11) is 0. The Hall–Kier alpha value is -0.120. The lowest BCUT2D eigenvalue weighted by Gasteiger charge is -2.38. The number of hydrogen-bond donors (Lipinski definition) is 2. The average Bonchev–Trinajstić information content (AvgIpc) is 2.79. The second-order valence-corrected chi connectivity index (χ2v) is 5.81. The largest absolute Gasteiger partial charge is 0.396 e. The van der Waals surface area contributed by atoms with Crippen LogP contribution in [0.15, 0.2) is 0 Å². The third-order valence-electron chi connectivity index (χ3n) is 4.62. The molecule has 0 atom stereocenters. The Bertz CT molecular complexity index is 206. The predicted molar refractivity (Wildman–Crippen MR) is 66.2 cm³/mol. The second kappa shape index (κ2) is 5.48. The zero-order valence-electron chi connectivity index (χ0n) is 10.3. The quantitative estimate of drug-likeness (QED) is 0.757. The Balaban J connectivity index is 1.81. The molecule has 1 aliphatic heterocycles. The summed E-state index contributed by atoms with van der Waals surface area (Å²) in [5, 5.41) is 9.12. The zero-order valence-corrected chi connectivity index (χ0v) is 10.3. The van der Waals surface area contributed by atoms with Gasteiger partial charge in [-0.05, 0) is 56.7 Å². The fraction of sp³-hybridized carbons (Fsp3) is 1.00. The van der Waals surface area contributed by atoms with Crippen molar-refractivity contribution in [3.05, 3.63) is 0 Å². The van der Waals surface area contributed by atoms with E-state index in [2.05, 4.69) is 4.90 Å². The highest BCUT2D eigenvalue weighted by Crippen LogP contribution is 2.38. The van der Waals surface area contributed by atoms with Crippen molar-refractivity contribution in [2.45, 2.75) is 38.5 Å². The van der Waals surface area contributed by atoms with E-state index in [0.29, 0.717) is 17.9 Å². The molecule has 0 amide bonds. The maximum Gasteiger partial charge on any atom is 0.0460 e. The number of hydrogen-bond acceptors (Lipinski definition) is 3. The Morgan fingerprint density at radius 1 is 1.19 bits per heavy atom. The molecule has 0 aromatic carbocycles. The predicted octanol–water partition coefficient (Wildman–Crippen LogP) is 1.21. The number of nitrogens with zero attached hydrogens (tertiary/aromatic N) is 1. The highest BCUT2D eigenvalue weighted by atomic mass is 16.3. The summed E-state index contributed by atoms with van der Waals surface area (Å²) in [5.41, 5.74) is 6.40. The molecule has 1 aliphatic carbocycles. The lowest BCUT2D eigenvalue weighted by atomic mass is 9.84. The monoisotopic (exact) mass is 226 g/mol. The first-order chi connectivity index (χ1) is 7.78. The van der Waals surface area contributed by atoms with E-state index >= 15 is 0 Å². The van der Waals surface area contributed by atoms with Crippen LogP contribution in [0.5, 0.6) is 0 Å². The van der Waals surface area contributed by atoms with E-state index < -0.39 is 0 Å². The first kappa shape index (κ1) is 12.3. The maximum atomic E-state index is 9.12. The van der Waals surface area contributed by atoms with Crippen LogP contribution in [0.1, 0.15) is 38.5 Å². The highest BCUT2D eigenvalue weighted by Gasteiger charge is 2.35. The summed E-state index contributed by atoms with van der Waals surface area (Å²) in [6.45, 7) is 4.74. The molecule has 0 spiro atoms. The van der Waals surface area contributed by atoms with Gasteiger partial charge in [0.05, 0.1) is 0 Å². The van der Waals surface area contributed by atoms with Crippen molar-refractivity contribution in [2.75, 3.05) is 32.8 Å². The van der Waals surface area contributed by atoms with Gasteiger partial charge in [-0.1, -0.05) is 12.8 Å². The van der Waals surface area contributed by atoms with Crippen LogP contribution in [0.2, 0.25) is 0 Å². The normalized spacial score (nSPS) is 27.4. The molecule has 0 radical (unpaired) electrons. The number of nitrogens with two attached hydrogens (primary N) is 1. The molecule has 3 N–H and O–H groups in total. The standard InChI is InChI=1S/C13H26N2O/c14-10-13(5-1-2-6-13)11-15-7-3-12(9-16)4-8-15/h12,16H,1-11,14H2. The third-order valence-corrected chi connectivity index (χ3v) is 4.62. The smallest absolute Gasteiger partial charge is 0.0460 e. The molecule has 1 saturated carbocycles. The Kier molecular flexibility index (Phi) is 4.22. The summed E-state index contributed by atoms with van der Waals surface area (Å²) in [5.74, 6) is 0.550. The first-order valence-corrected chi connectivity index (χ1v) is 6.81. The molecule has 0 unspecified atom stereocenters. The van der Waals surface area contributed by atoms with E-state index in [0.717, 1.165) is 32.5 Å². The number of aliphatic hydroxyl groups excluding tert-OH is 1. The molecule has 94 valence electrons. The maximum absolute atomic E-state index is 9.12. The fourth-order valence-corrected chi connectivity index (χ4v) is 3.35. The van der Waals surface area contributed by atoms with Gasteiger partial charge in [-0.15, -0.1) is 0 Å². The molecule has 3 nitrogen and oxygen atoms in total. The highest BCUT2D eigenvalue weighted by molar-refractivity contribution is 4.89. The van der Waals surface area contributed by atoms with Gasteiger partial charge in [-0.2, -0.15) is 0 Å². The fourth-order valence-electron chi connectivity index (χ4n) is 3.35. The van der Waals surface area contributed by atoms with Gasteiger partial charge in [0.1, 0.15) is 0 Å².